The van der Waals surface area contributed by atoms with Gasteiger partial charge in [0, 0.05) is 18.0 Å². The van der Waals surface area contributed by atoms with Crippen molar-refractivity contribution >= 4 is 0 Å². The van der Waals surface area contributed by atoms with Crippen molar-refractivity contribution in [1.82, 2.24) is 5.32 Å². The Morgan fingerprint density at radius 2 is 2.11 bits per heavy atom. The lowest BCUT2D eigenvalue weighted by Gasteiger charge is -2.29. The van der Waals surface area contributed by atoms with Gasteiger partial charge in [0.25, 0.3) is 0 Å². The molecule has 1 nitrogen and oxygen atoms in total. The summed E-state index contributed by atoms with van der Waals surface area (Å²) in [5.41, 5.74) is 5.27. The molecule has 0 aromatic carbocycles. The van der Waals surface area contributed by atoms with Crippen LogP contribution in [0.25, 0.3) is 0 Å². The summed E-state index contributed by atoms with van der Waals surface area (Å²) < 4.78 is 13.6. The van der Waals surface area contributed by atoms with Crippen LogP contribution in [0.15, 0.2) is 58.9 Å². The Labute approximate surface area is 106 Å². The topological polar surface area (TPSA) is 12.0 Å². The van der Waals surface area contributed by atoms with Gasteiger partial charge in [-0.25, -0.2) is 4.39 Å². The maximum Gasteiger partial charge on any atom is 0.122 e. The molecule has 3 atom stereocenters. The van der Waals surface area contributed by atoms with E-state index in [9.17, 15) is 4.39 Å². The molecule has 1 heterocycles. The van der Waals surface area contributed by atoms with Crippen molar-refractivity contribution in [3.05, 3.63) is 58.9 Å². The Bertz CT molecular complexity index is 547. The summed E-state index contributed by atoms with van der Waals surface area (Å²) >= 11 is 0. The summed E-state index contributed by atoms with van der Waals surface area (Å²) in [6.45, 7) is 0. The quantitative estimate of drug-likeness (QED) is 0.686. The number of halogens is 1. The van der Waals surface area contributed by atoms with E-state index < -0.39 is 6.17 Å². The van der Waals surface area contributed by atoms with Gasteiger partial charge in [-0.3, -0.25) is 0 Å². The Balaban J connectivity index is 1.79. The third-order valence-corrected chi connectivity index (χ3v) is 4.38. The fourth-order valence-corrected chi connectivity index (χ4v) is 3.55. The van der Waals surface area contributed by atoms with E-state index in [1.54, 1.807) is 6.08 Å². The zero-order chi connectivity index (χ0) is 12.1. The molecule has 1 aliphatic heterocycles. The molecule has 0 saturated heterocycles. The fourth-order valence-electron chi connectivity index (χ4n) is 3.55. The molecule has 1 N–H and O–H groups in total. The van der Waals surface area contributed by atoms with Crippen LogP contribution in [0.3, 0.4) is 0 Å². The molecule has 0 fully saturated rings. The van der Waals surface area contributed by atoms with Crippen LogP contribution in [0.2, 0.25) is 0 Å². The standard InChI is InChI=1S/C16H16FN/c17-11-6-8-14-13(9-11)16-12-4-2-1-3-10(12)5-7-15(16)18-14/h2,4-8,11,15-16,18H,1,3,9H2. The number of hydrogen-bond acceptors (Lipinski definition) is 1. The lowest BCUT2D eigenvalue weighted by Crippen LogP contribution is -2.30. The van der Waals surface area contributed by atoms with E-state index in [-0.39, 0.29) is 0 Å². The first kappa shape index (κ1) is 10.4. The maximum atomic E-state index is 13.6. The number of allylic oxidation sites excluding steroid dienone is 6. The van der Waals surface area contributed by atoms with Crippen LogP contribution in [0.1, 0.15) is 19.3 Å². The number of hydrogen-bond donors (Lipinski definition) is 1. The second-order valence-corrected chi connectivity index (χ2v) is 5.45. The van der Waals surface area contributed by atoms with Crippen LogP contribution in [0.4, 0.5) is 4.39 Å². The number of alkyl halides is 1. The second kappa shape index (κ2) is 3.71. The van der Waals surface area contributed by atoms with Gasteiger partial charge in [-0.15, -0.1) is 0 Å². The summed E-state index contributed by atoms with van der Waals surface area (Å²) in [7, 11) is 0. The molecule has 92 valence electrons. The Morgan fingerprint density at radius 1 is 1.17 bits per heavy atom. The van der Waals surface area contributed by atoms with E-state index in [1.807, 2.05) is 6.08 Å². The predicted molar refractivity (Wildman–Crippen MR) is 70.6 cm³/mol. The molecule has 18 heavy (non-hydrogen) atoms. The average molecular weight is 241 g/mol. The highest BCUT2D eigenvalue weighted by atomic mass is 19.1. The SMILES string of the molecule is FC1C=CC2=C(C1)C1C3=C(C=CC1N2)CCC=C3. The fraction of sp³-hybridized carbons (Fsp3) is 0.375. The molecule has 3 unspecified atom stereocenters. The Kier molecular flexibility index (Phi) is 2.14. The summed E-state index contributed by atoms with van der Waals surface area (Å²) in [6.07, 6.45) is 14.6. The normalized spacial score (nSPS) is 36.4. The van der Waals surface area contributed by atoms with Gasteiger partial charge in [0.05, 0.1) is 6.04 Å². The molecule has 0 radical (unpaired) electrons. The number of nitrogens with one attached hydrogen (secondary N) is 1. The van der Waals surface area contributed by atoms with Gasteiger partial charge in [0.15, 0.2) is 0 Å². The molecule has 0 aromatic heterocycles. The zero-order valence-corrected chi connectivity index (χ0v) is 10.2. The van der Waals surface area contributed by atoms with Gasteiger partial charge in [-0.2, -0.15) is 0 Å². The van der Waals surface area contributed by atoms with Crippen LogP contribution in [-0.4, -0.2) is 12.2 Å². The highest BCUT2D eigenvalue weighted by molar-refractivity contribution is 5.53. The minimum atomic E-state index is -0.813. The smallest absolute Gasteiger partial charge is 0.122 e. The number of fused-ring (bicyclic) bond motifs is 3. The molecule has 2 heteroatoms. The summed E-state index contributed by atoms with van der Waals surface area (Å²) in [5.74, 6) is 0.361. The molecule has 0 bridgehead atoms. The van der Waals surface area contributed by atoms with Gasteiger partial charge < -0.3 is 5.32 Å². The Morgan fingerprint density at radius 3 is 3.06 bits per heavy atom. The van der Waals surface area contributed by atoms with Crippen molar-refractivity contribution in [3.63, 3.8) is 0 Å². The second-order valence-electron chi connectivity index (χ2n) is 5.45. The maximum absolute atomic E-state index is 13.6. The van der Waals surface area contributed by atoms with Gasteiger partial charge in [-0.05, 0) is 41.7 Å². The van der Waals surface area contributed by atoms with Crippen molar-refractivity contribution in [2.24, 2.45) is 5.92 Å². The number of rotatable bonds is 0. The third-order valence-electron chi connectivity index (χ3n) is 4.38. The predicted octanol–water partition coefficient (Wildman–Crippen LogP) is 3.34. The van der Waals surface area contributed by atoms with E-state index >= 15 is 0 Å². The lowest BCUT2D eigenvalue weighted by molar-refractivity contribution is 0.386. The van der Waals surface area contributed by atoms with E-state index in [0.717, 1.165) is 18.5 Å². The van der Waals surface area contributed by atoms with E-state index in [4.69, 9.17) is 0 Å². The zero-order valence-electron chi connectivity index (χ0n) is 10.2. The third kappa shape index (κ3) is 1.38. The highest BCUT2D eigenvalue weighted by Crippen LogP contribution is 2.44. The Hall–Kier alpha value is -1.57. The van der Waals surface area contributed by atoms with Crippen LogP contribution in [0.5, 0.6) is 0 Å². The van der Waals surface area contributed by atoms with Gasteiger partial charge >= 0.3 is 0 Å². The molecular weight excluding hydrogens is 225 g/mol. The van der Waals surface area contributed by atoms with Crippen LogP contribution in [-0.2, 0) is 0 Å². The van der Waals surface area contributed by atoms with Gasteiger partial charge in [-0.1, -0.05) is 24.3 Å². The molecule has 0 spiro atoms. The minimum Gasteiger partial charge on any atom is -0.378 e. The molecule has 0 saturated carbocycles. The molecule has 0 aromatic rings. The molecule has 3 aliphatic carbocycles. The van der Waals surface area contributed by atoms with E-state index in [2.05, 4.69) is 29.6 Å². The summed E-state index contributed by atoms with van der Waals surface area (Å²) in [6, 6.07) is 0.325. The van der Waals surface area contributed by atoms with Crippen molar-refractivity contribution in [2.75, 3.05) is 0 Å². The van der Waals surface area contributed by atoms with Crippen molar-refractivity contribution in [1.29, 1.82) is 0 Å². The summed E-state index contributed by atoms with van der Waals surface area (Å²) in [4.78, 5) is 0. The van der Waals surface area contributed by atoms with Crippen molar-refractivity contribution in [2.45, 2.75) is 31.5 Å². The first-order chi connectivity index (χ1) is 8.83. The minimum absolute atomic E-state index is 0.325. The molecule has 0 amide bonds. The van der Waals surface area contributed by atoms with Gasteiger partial charge in [0.2, 0.25) is 0 Å². The van der Waals surface area contributed by atoms with Crippen molar-refractivity contribution < 1.29 is 4.39 Å². The van der Waals surface area contributed by atoms with Gasteiger partial charge in [0.1, 0.15) is 6.17 Å². The van der Waals surface area contributed by atoms with Crippen LogP contribution < -0.4 is 5.32 Å². The van der Waals surface area contributed by atoms with Crippen LogP contribution in [0, 0.1) is 5.92 Å². The first-order valence-electron chi connectivity index (χ1n) is 6.72. The molecule has 4 rings (SSSR count). The van der Waals surface area contributed by atoms with Crippen LogP contribution >= 0.6 is 0 Å². The highest BCUT2D eigenvalue weighted by Gasteiger charge is 2.38. The molecular formula is C16H16FN. The summed E-state index contributed by atoms with van der Waals surface area (Å²) in [5, 5.41) is 3.52. The van der Waals surface area contributed by atoms with Crippen molar-refractivity contribution in [3.8, 4) is 0 Å². The largest absolute Gasteiger partial charge is 0.378 e. The molecule has 4 aliphatic rings. The monoisotopic (exact) mass is 241 g/mol. The van der Waals surface area contributed by atoms with E-state index in [0.29, 0.717) is 18.4 Å². The average Bonchev–Trinajstić information content (AvgIpc) is 2.77. The lowest BCUT2D eigenvalue weighted by atomic mass is 9.76. The van der Waals surface area contributed by atoms with E-state index in [1.165, 1.54) is 16.7 Å². The first-order valence-corrected chi connectivity index (χ1v) is 6.72.